The molecule has 1 rings (SSSR count). The second kappa shape index (κ2) is 8.82. The van der Waals surface area contributed by atoms with Crippen molar-refractivity contribution in [1.29, 1.82) is 0 Å². The monoisotopic (exact) mass is 298 g/mol. The predicted octanol–water partition coefficient (Wildman–Crippen LogP) is 3.57. The fourth-order valence-electron chi connectivity index (χ4n) is 2.09. The number of carbonyl (C=O) groups is 1. The minimum absolute atomic E-state index is 0.150. The molecule has 0 fully saturated rings. The van der Waals surface area contributed by atoms with E-state index in [1.54, 1.807) is 6.07 Å². The average molecular weight is 299 g/mol. The topological polar surface area (TPSA) is 61.4 Å². The quantitative estimate of drug-likeness (QED) is 0.720. The summed E-state index contributed by atoms with van der Waals surface area (Å²) in [6.45, 7) is 4.70. The molecule has 3 N–H and O–H groups in total. The molecule has 0 heterocycles. The molecular formula is C15H23ClN2O2. The van der Waals surface area contributed by atoms with E-state index in [0.717, 1.165) is 18.4 Å². The van der Waals surface area contributed by atoms with Crippen LogP contribution in [0.15, 0.2) is 18.2 Å². The van der Waals surface area contributed by atoms with Gasteiger partial charge in [0, 0.05) is 13.2 Å². The number of aryl methyl sites for hydroxylation is 1. The van der Waals surface area contributed by atoms with Crippen LogP contribution < -0.4 is 10.6 Å². The zero-order valence-electron chi connectivity index (χ0n) is 12.1. The second-order valence-corrected chi connectivity index (χ2v) is 5.32. The summed E-state index contributed by atoms with van der Waals surface area (Å²) in [4.78, 5) is 11.8. The van der Waals surface area contributed by atoms with Gasteiger partial charge in [0.1, 0.15) is 0 Å². The van der Waals surface area contributed by atoms with Crippen molar-refractivity contribution in [3.05, 3.63) is 28.8 Å². The number of carbonyl (C=O) groups excluding carboxylic acids is 1. The van der Waals surface area contributed by atoms with Crippen LogP contribution in [0.1, 0.15) is 31.7 Å². The van der Waals surface area contributed by atoms with Crippen LogP contribution in [0.2, 0.25) is 5.02 Å². The molecule has 1 atom stereocenters. The molecule has 1 aromatic rings. The third kappa shape index (κ3) is 5.39. The van der Waals surface area contributed by atoms with Gasteiger partial charge < -0.3 is 15.7 Å². The van der Waals surface area contributed by atoms with Crippen molar-refractivity contribution in [2.75, 3.05) is 18.5 Å². The summed E-state index contributed by atoms with van der Waals surface area (Å²) in [6, 6.07) is 5.25. The minimum Gasteiger partial charge on any atom is -0.396 e. The van der Waals surface area contributed by atoms with Gasteiger partial charge in [0.05, 0.1) is 10.7 Å². The first-order valence-electron chi connectivity index (χ1n) is 6.99. The molecule has 2 amide bonds. The maximum absolute atomic E-state index is 11.8. The average Bonchev–Trinajstić information content (AvgIpc) is 2.42. The molecule has 1 unspecified atom stereocenters. The number of urea groups is 1. The number of aliphatic hydroxyl groups is 1. The van der Waals surface area contributed by atoms with E-state index in [-0.39, 0.29) is 12.6 Å². The van der Waals surface area contributed by atoms with Crippen molar-refractivity contribution >= 4 is 23.3 Å². The van der Waals surface area contributed by atoms with Crippen LogP contribution in [0.5, 0.6) is 0 Å². The van der Waals surface area contributed by atoms with Crippen molar-refractivity contribution < 1.29 is 9.90 Å². The third-order valence-electron chi connectivity index (χ3n) is 3.23. The van der Waals surface area contributed by atoms with Gasteiger partial charge in [-0.25, -0.2) is 4.79 Å². The molecule has 0 saturated heterocycles. The third-order valence-corrected chi connectivity index (χ3v) is 3.73. The molecule has 20 heavy (non-hydrogen) atoms. The molecule has 0 saturated carbocycles. The normalized spacial score (nSPS) is 12.0. The first-order chi connectivity index (χ1) is 9.58. The summed E-state index contributed by atoms with van der Waals surface area (Å²) >= 11 is 6.12. The molecule has 1 aromatic carbocycles. The molecule has 0 aliphatic carbocycles. The molecule has 0 spiro atoms. The number of benzene rings is 1. The summed E-state index contributed by atoms with van der Waals surface area (Å²) in [5.74, 6) is 0.309. The highest BCUT2D eigenvalue weighted by Gasteiger charge is 2.11. The van der Waals surface area contributed by atoms with Gasteiger partial charge in [-0.1, -0.05) is 37.1 Å². The Balaban J connectivity index is 2.48. The fourth-order valence-corrected chi connectivity index (χ4v) is 2.26. The van der Waals surface area contributed by atoms with Gasteiger partial charge in [-0.2, -0.15) is 0 Å². The van der Waals surface area contributed by atoms with E-state index >= 15 is 0 Å². The minimum atomic E-state index is -0.267. The number of rotatable bonds is 7. The molecule has 0 aliphatic rings. The van der Waals surface area contributed by atoms with E-state index in [1.807, 2.05) is 19.1 Å². The van der Waals surface area contributed by atoms with Crippen molar-refractivity contribution in [3.63, 3.8) is 0 Å². The highest BCUT2D eigenvalue weighted by molar-refractivity contribution is 6.34. The Kier molecular flexibility index (Phi) is 7.41. The van der Waals surface area contributed by atoms with Gasteiger partial charge >= 0.3 is 6.03 Å². The lowest BCUT2D eigenvalue weighted by Crippen LogP contribution is -2.33. The number of aliphatic hydroxyl groups excluding tert-OH is 1. The number of nitrogens with one attached hydrogen (secondary N) is 2. The van der Waals surface area contributed by atoms with Crippen LogP contribution in [0.25, 0.3) is 0 Å². The summed E-state index contributed by atoms with van der Waals surface area (Å²) in [5.41, 5.74) is 1.53. The summed E-state index contributed by atoms with van der Waals surface area (Å²) in [7, 11) is 0. The summed E-state index contributed by atoms with van der Waals surface area (Å²) in [5, 5.41) is 15.1. The Morgan fingerprint density at radius 1 is 1.40 bits per heavy atom. The van der Waals surface area contributed by atoms with Gasteiger partial charge in [0.2, 0.25) is 0 Å². The van der Waals surface area contributed by atoms with E-state index in [2.05, 4.69) is 17.6 Å². The maximum atomic E-state index is 11.8. The predicted molar refractivity (Wildman–Crippen MR) is 83.3 cm³/mol. The molecule has 5 heteroatoms. The molecule has 112 valence electrons. The maximum Gasteiger partial charge on any atom is 0.319 e. The Labute approximate surface area is 125 Å². The summed E-state index contributed by atoms with van der Waals surface area (Å²) in [6.07, 6.45) is 2.74. The smallest absolute Gasteiger partial charge is 0.319 e. The first-order valence-corrected chi connectivity index (χ1v) is 7.37. The lowest BCUT2D eigenvalue weighted by Gasteiger charge is -2.16. The van der Waals surface area contributed by atoms with E-state index < -0.39 is 0 Å². The Morgan fingerprint density at radius 2 is 2.15 bits per heavy atom. The number of anilines is 1. The van der Waals surface area contributed by atoms with Crippen LogP contribution in [0.4, 0.5) is 10.5 Å². The van der Waals surface area contributed by atoms with E-state index in [1.165, 1.54) is 0 Å². The van der Waals surface area contributed by atoms with Crippen molar-refractivity contribution in [3.8, 4) is 0 Å². The number of hydrogen-bond donors (Lipinski definition) is 3. The standard InChI is InChI=1S/C15H23ClN2O2/c1-3-5-12(8-9-19)10-17-15(20)18-13-7-4-6-11(2)14(13)16/h4,6-7,12,19H,3,5,8-10H2,1-2H3,(H2,17,18,20). The lowest BCUT2D eigenvalue weighted by molar-refractivity contribution is 0.237. The molecule has 0 radical (unpaired) electrons. The largest absolute Gasteiger partial charge is 0.396 e. The van der Waals surface area contributed by atoms with E-state index in [9.17, 15) is 4.79 Å². The van der Waals surface area contributed by atoms with Gasteiger partial charge in [-0.15, -0.1) is 0 Å². The Hall–Kier alpha value is -1.26. The molecule has 4 nitrogen and oxygen atoms in total. The van der Waals surface area contributed by atoms with Gasteiger partial charge in [0.25, 0.3) is 0 Å². The second-order valence-electron chi connectivity index (χ2n) is 4.94. The van der Waals surface area contributed by atoms with E-state index in [0.29, 0.717) is 29.6 Å². The summed E-state index contributed by atoms with van der Waals surface area (Å²) < 4.78 is 0. The van der Waals surface area contributed by atoms with Gasteiger partial charge in [0.15, 0.2) is 0 Å². The number of amides is 2. The van der Waals surface area contributed by atoms with Crippen molar-refractivity contribution in [2.24, 2.45) is 5.92 Å². The molecule has 0 aromatic heterocycles. The van der Waals surface area contributed by atoms with Crippen LogP contribution in [0.3, 0.4) is 0 Å². The van der Waals surface area contributed by atoms with Crippen LogP contribution in [-0.2, 0) is 0 Å². The zero-order valence-corrected chi connectivity index (χ0v) is 12.8. The number of hydrogen-bond acceptors (Lipinski definition) is 2. The van der Waals surface area contributed by atoms with Crippen molar-refractivity contribution in [2.45, 2.75) is 33.1 Å². The van der Waals surface area contributed by atoms with Gasteiger partial charge in [-0.05, 0) is 37.3 Å². The lowest BCUT2D eigenvalue weighted by atomic mass is 10.0. The SMILES string of the molecule is CCCC(CCO)CNC(=O)Nc1cccc(C)c1Cl. The fraction of sp³-hybridized carbons (Fsp3) is 0.533. The first kappa shape index (κ1) is 16.8. The van der Waals surface area contributed by atoms with E-state index in [4.69, 9.17) is 16.7 Å². The molecule has 0 aliphatic heterocycles. The number of halogens is 1. The van der Waals surface area contributed by atoms with Crippen LogP contribution in [-0.4, -0.2) is 24.3 Å². The van der Waals surface area contributed by atoms with Crippen LogP contribution in [0, 0.1) is 12.8 Å². The van der Waals surface area contributed by atoms with Crippen LogP contribution >= 0.6 is 11.6 Å². The zero-order chi connectivity index (χ0) is 15.0. The van der Waals surface area contributed by atoms with Gasteiger partial charge in [-0.3, -0.25) is 0 Å². The Morgan fingerprint density at radius 3 is 2.80 bits per heavy atom. The Bertz CT molecular complexity index is 432. The highest BCUT2D eigenvalue weighted by atomic mass is 35.5. The molecule has 0 bridgehead atoms. The molecular weight excluding hydrogens is 276 g/mol. The highest BCUT2D eigenvalue weighted by Crippen LogP contribution is 2.24. The van der Waals surface area contributed by atoms with Crippen molar-refractivity contribution in [1.82, 2.24) is 5.32 Å².